The summed E-state index contributed by atoms with van der Waals surface area (Å²) in [5.74, 6) is -0.135. The van der Waals surface area contributed by atoms with E-state index in [2.05, 4.69) is 5.32 Å². The van der Waals surface area contributed by atoms with Gasteiger partial charge in [-0.15, -0.1) is 0 Å². The molecule has 0 aliphatic rings. The number of aryl methyl sites for hydroxylation is 3. The van der Waals surface area contributed by atoms with E-state index in [4.69, 9.17) is 9.47 Å². The summed E-state index contributed by atoms with van der Waals surface area (Å²) in [7, 11) is 3.12. The van der Waals surface area contributed by atoms with Crippen molar-refractivity contribution in [2.75, 3.05) is 14.2 Å². The Hall–Kier alpha value is -3.02. The highest BCUT2D eigenvalue weighted by Crippen LogP contribution is 2.23. The molecule has 2 aromatic carbocycles. The van der Waals surface area contributed by atoms with E-state index in [0.29, 0.717) is 23.5 Å². The SMILES string of the molecule is COc1cc(CCC(=O)NC(C(=O)O)c2ccc(C)c(C)c2)cc(OC)c1. The van der Waals surface area contributed by atoms with Gasteiger partial charge in [0.05, 0.1) is 14.2 Å². The highest BCUT2D eigenvalue weighted by molar-refractivity contribution is 5.84. The van der Waals surface area contributed by atoms with Gasteiger partial charge in [0.1, 0.15) is 11.5 Å². The molecule has 2 rings (SSSR count). The summed E-state index contributed by atoms with van der Waals surface area (Å²) in [6.07, 6.45) is 0.601. The molecule has 2 N–H and O–H groups in total. The van der Waals surface area contributed by atoms with Gasteiger partial charge < -0.3 is 19.9 Å². The van der Waals surface area contributed by atoms with Crippen LogP contribution in [-0.2, 0) is 16.0 Å². The van der Waals surface area contributed by atoms with Crippen LogP contribution in [0, 0.1) is 13.8 Å². The lowest BCUT2D eigenvalue weighted by molar-refractivity contribution is -0.142. The lowest BCUT2D eigenvalue weighted by Crippen LogP contribution is -2.33. The van der Waals surface area contributed by atoms with E-state index in [-0.39, 0.29) is 12.3 Å². The summed E-state index contributed by atoms with van der Waals surface area (Å²) < 4.78 is 10.4. The van der Waals surface area contributed by atoms with Gasteiger partial charge in [-0.2, -0.15) is 0 Å². The van der Waals surface area contributed by atoms with Crippen molar-refractivity contribution in [2.24, 2.45) is 0 Å². The third-order valence-electron chi connectivity index (χ3n) is 4.47. The Bertz CT molecular complexity index is 809. The number of benzene rings is 2. The summed E-state index contributed by atoms with van der Waals surface area (Å²) in [4.78, 5) is 24.0. The molecule has 0 spiro atoms. The van der Waals surface area contributed by atoms with E-state index >= 15 is 0 Å². The Morgan fingerprint density at radius 2 is 1.63 bits per heavy atom. The minimum atomic E-state index is -1.09. The van der Waals surface area contributed by atoms with Crippen LogP contribution in [0.15, 0.2) is 36.4 Å². The molecule has 0 aliphatic carbocycles. The topological polar surface area (TPSA) is 84.9 Å². The Morgan fingerprint density at radius 1 is 1.00 bits per heavy atom. The van der Waals surface area contributed by atoms with E-state index in [1.165, 1.54) is 0 Å². The van der Waals surface area contributed by atoms with E-state index in [1.807, 2.05) is 32.0 Å². The van der Waals surface area contributed by atoms with Gasteiger partial charge in [-0.25, -0.2) is 4.79 Å². The Morgan fingerprint density at radius 3 is 2.15 bits per heavy atom. The molecular weight excluding hydrogens is 346 g/mol. The number of methoxy groups -OCH3 is 2. The Labute approximate surface area is 159 Å². The van der Waals surface area contributed by atoms with Gasteiger partial charge in [0, 0.05) is 12.5 Å². The van der Waals surface area contributed by atoms with Crippen LogP contribution < -0.4 is 14.8 Å². The molecular formula is C21H25NO5. The maximum absolute atomic E-state index is 12.3. The van der Waals surface area contributed by atoms with E-state index in [0.717, 1.165) is 16.7 Å². The predicted octanol–water partition coefficient (Wildman–Crippen LogP) is 3.20. The fourth-order valence-corrected chi connectivity index (χ4v) is 2.73. The maximum Gasteiger partial charge on any atom is 0.330 e. The molecule has 1 atom stereocenters. The first-order chi connectivity index (χ1) is 12.8. The summed E-state index contributed by atoms with van der Waals surface area (Å²) in [5.41, 5.74) is 3.49. The van der Waals surface area contributed by atoms with Gasteiger partial charge in [-0.05, 0) is 54.7 Å². The van der Waals surface area contributed by atoms with Crippen molar-refractivity contribution in [3.05, 3.63) is 58.7 Å². The van der Waals surface area contributed by atoms with Crippen LogP contribution in [0.4, 0.5) is 0 Å². The van der Waals surface area contributed by atoms with Gasteiger partial charge >= 0.3 is 5.97 Å². The van der Waals surface area contributed by atoms with Crippen LogP contribution >= 0.6 is 0 Å². The monoisotopic (exact) mass is 371 g/mol. The van der Waals surface area contributed by atoms with Crippen molar-refractivity contribution in [1.29, 1.82) is 0 Å². The highest BCUT2D eigenvalue weighted by atomic mass is 16.5. The largest absolute Gasteiger partial charge is 0.497 e. The van der Waals surface area contributed by atoms with E-state index in [9.17, 15) is 14.7 Å². The van der Waals surface area contributed by atoms with Gasteiger partial charge in [0.25, 0.3) is 0 Å². The number of amides is 1. The minimum Gasteiger partial charge on any atom is -0.497 e. The zero-order valence-corrected chi connectivity index (χ0v) is 16.0. The number of ether oxygens (including phenoxy) is 2. The first-order valence-corrected chi connectivity index (χ1v) is 8.65. The van der Waals surface area contributed by atoms with Gasteiger partial charge in [-0.3, -0.25) is 4.79 Å². The second-order valence-corrected chi connectivity index (χ2v) is 6.40. The molecule has 1 amide bonds. The summed E-state index contributed by atoms with van der Waals surface area (Å²) in [5, 5.41) is 12.1. The first kappa shape index (κ1) is 20.3. The van der Waals surface area contributed by atoms with Crippen molar-refractivity contribution in [3.8, 4) is 11.5 Å². The molecule has 0 heterocycles. The number of aliphatic carboxylic acids is 1. The smallest absolute Gasteiger partial charge is 0.330 e. The number of hydrogen-bond donors (Lipinski definition) is 2. The number of carboxylic acids is 1. The lowest BCUT2D eigenvalue weighted by atomic mass is 10.0. The Kier molecular flexibility index (Phi) is 6.82. The number of carbonyl (C=O) groups is 2. The molecule has 0 saturated carbocycles. The molecule has 0 saturated heterocycles. The van der Waals surface area contributed by atoms with Gasteiger partial charge in [0.15, 0.2) is 6.04 Å². The highest BCUT2D eigenvalue weighted by Gasteiger charge is 2.22. The van der Waals surface area contributed by atoms with Gasteiger partial charge in [0.2, 0.25) is 5.91 Å². The second-order valence-electron chi connectivity index (χ2n) is 6.40. The van der Waals surface area contributed by atoms with Crippen LogP contribution in [0.5, 0.6) is 11.5 Å². The molecule has 1 unspecified atom stereocenters. The fraction of sp³-hybridized carbons (Fsp3) is 0.333. The fourth-order valence-electron chi connectivity index (χ4n) is 2.73. The van der Waals surface area contributed by atoms with Gasteiger partial charge in [-0.1, -0.05) is 18.2 Å². The summed E-state index contributed by atoms with van der Waals surface area (Å²) >= 11 is 0. The van der Waals surface area contributed by atoms with Crippen LogP contribution in [-0.4, -0.2) is 31.2 Å². The molecule has 0 aliphatic heterocycles. The minimum absolute atomic E-state index is 0.158. The lowest BCUT2D eigenvalue weighted by Gasteiger charge is -2.16. The molecule has 27 heavy (non-hydrogen) atoms. The molecule has 0 radical (unpaired) electrons. The zero-order valence-electron chi connectivity index (χ0n) is 16.0. The average molecular weight is 371 g/mol. The van der Waals surface area contributed by atoms with E-state index in [1.54, 1.807) is 32.4 Å². The van der Waals surface area contributed by atoms with Crippen molar-refractivity contribution < 1.29 is 24.2 Å². The molecule has 0 fully saturated rings. The number of nitrogens with one attached hydrogen (secondary N) is 1. The standard InChI is InChI=1S/C21H25NO5/c1-13-5-7-16(9-14(13)2)20(21(24)25)22-19(23)8-6-15-10-17(26-3)12-18(11-15)27-4/h5,7,9-12,20H,6,8H2,1-4H3,(H,22,23)(H,24,25). The average Bonchev–Trinajstić information content (AvgIpc) is 2.66. The zero-order chi connectivity index (χ0) is 20.0. The summed E-state index contributed by atoms with van der Waals surface area (Å²) in [6.45, 7) is 3.87. The molecule has 2 aromatic rings. The number of carboxylic acid groups (broad SMARTS) is 1. The number of hydrogen-bond acceptors (Lipinski definition) is 4. The van der Waals surface area contributed by atoms with Crippen LogP contribution in [0.1, 0.15) is 34.7 Å². The third-order valence-corrected chi connectivity index (χ3v) is 4.47. The molecule has 6 heteroatoms. The van der Waals surface area contributed by atoms with Crippen molar-refractivity contribution >= 4 is 11.9 Å². The van der Waals surface area contributed by atoms with Crippen LogP contribution in [0.2, 0.25) is 0 Å². The first-order valence-electron chi connectivity index (χ1n) is 8.65. The predicted molar refractivity (Wildman–Crippen MR) is 102 cm³/mol. The normalized spacial score (nSPS) is 11.6. The summed E-state index contributed by atoms with van der Waals surface area (Å²) in [6, 6.07) is 9.72. The Balaban J connectivity index is 2.06. The molecule has 6 nitrogen and oxygen atoms in total. The van der Waals surface area contributed by atoms with Crippen LogP contribution in [0.25, 0.3) is 0 Å². The quantitative estimate of drug-likeness (QED) is 0.744. The van der Waals surface area contributed by atoms with Crippen LogP contribution in [0.3, 0.4) is 0 Å². The van der Waals surface area contributed by atoms with Crippen molar-refractivity contribution in [1.82, 2.24) is 5.32 Å². The van der Waals surface area contributed by atoms with E-state index < -0.39 is 12.0 Å². The maximum atomic E-state index is 12.3. The second kappa shape index (κ2) is 9.07. The third kappa shape index (κ3) is 5.48. The number of carbonyl (C=O) groups excluding carboxylic acids is 1. The molecule has 0 aromatic heterocycles. The van der Waals surface area contributed by atoms with Crippen molar-refractivity contribution in [3.63, 3.8) is 0 Å². The molecule has 0 bridgehead atoms. The van der Waals surface area contributed by atoms with Crippen molar-refractivity contribution in [2.45, 2.75) is 32.7 Å². The molecule has 144 valence electrons. The number of rotatable bonds is 8.